The van der Waals surface area contributed by atoms with Gasteiger partial charge in [-0.05, 0) is 23.6 Å². The number of fused-ring (bicyclic) bond motifs is 1. The fraction of sp³-hybridized carbons (Fsp3) is 0.176. The van der Waals surface area contributed by atoms with Crippen molar-refractivity contribution in [2.75, 3.05) is 6.54 Å². The van der Waals surface area contributed by atoms with Crippen molar-refractivity contribution in [2.24, 2.45) is 5.73 Å². The van der Waals surface area contributed by atoms with Gasteiger partial charge in [-0.15, -0.1) is 0 Å². The lowest BCUT2D eigenvalue weighted by molar-refractivity contribution is 0.825. The second-order valence-electron chi connectivity index (χ2n) is 4.94. The summed E-state index contributed by atoms with van der Waals surface area (Å²) in [5.74, 6) is 0.247. The third-order valence-corrected chi connectivity index (χ3v) is 3.77. The molecule has 0 bridgehead atoms. The predicted octanol–water partition coefficient (Wildman–Crippen LogP) is 3.57. The highest BCUT2D eigenvalue weighted by molar-refractivity contribution is 5.86. The summed E-state index contributed by atoms with van der Waals surface area (Å²) in [4.78, 5) is 3.39. The van der Waals surface area contributed by atoms with Crippen molar-refractivity contribution in [3.05, 3.63) is 71.4 Å². The number of aromatic amines is 1. The van der Waals surface area contributed by atoms with E-state index in [1.54, 1.807) is 0 Å². The van der Waals surface area contributed by atoms with Crippen molar-refractivity contribution < 1.29 is 0 Å². The lowest BCUT2D eigenvalue weighted by Gasteiger charge is -2.14. The standard InChI is InChI=1S/C17H18N2/c1-12-6-5-9-14-16(11-19-17(12)14)15(10-18)13-7-3-2-4-8-13/h2-9,11,15,19H,10,18H2,1H3. The van der Waals surface area contributed by atoms with Crippen LogP contribution in [-0.4, -0.2) is 11.5 Å². The van der Waals surface area contributed by atoms with Crippen LogP contribution in [0.15, 0.2) is 54.7 Å². The normalized spacial score (nSPS) is 12.7. The maximum Gasteiger partial charge on any atom is 0.0486 e. The van der Waals surface area contributed by atoms with E-state index in [2.05, 4.69) is 60.6 Å². The fourth-order valence-electron chi connectivity index (χ4n) is 2.74. The molecule has 1 aromatic heterocycles. The number of aromatic nitrogens is 1. The summed E-state index contributed by atoms with van der Waals surface area (Å²) in [6, 6.07) is 16.9. The van der Waals surface area contributed by atoms with E-state index < -0.39 is 0 Å². The van der Waals surface area contributed by atoms with Gasteiger partial charge in [0.1, 0.15) is 0 Å². The van der Waals surface area contributed by atoms with Gasteiger partial charge in [0.2, 0.25) is 0 Å². The molecule has 1 atom stereocenters. The molecule has 1 unspecified atom stereocenters. The molecular formula is C17H18N2. The number of nitrogens with one attached hydrogen (secondary N) is 1. The SMILES string of the molecule is Cc1cccc2c(C(CN)c3ccccc3)c[nH]c12. The van der Waals surface area contributed by atoms with E-state index in [0.717, 1.165) is 0 Å². The second kappa shape index (κ2) is 4.90. The van der Waals surface area contributed by atoms with E-state index in [1.807, 2.05) is 6.07 Å². The maximum atomic E-state index is 6.01. The Morgan fingerprint density at radius 1 is 1.05 bits per heavy atom. The summed E-state index contributed by atoms with van der Waals surface area (Å²) in [6.07, 6.45) is 2.10. The Labute approximate surface area is 113 Å². The van der Waals surface area contributed by atoms with Crippen LogP contribution in [0.3, 0.4) is 0 Å². The summed E-state index contributed by atoms with van der Waals surface area (Å²) < 4.78 is 0. The minimum absolute atomic E-state index is 0.247. The molecule has 0 radical (unpaired) electrons. The third-order valence-electron chi connectivity index (χ3n) is 3.77. The summed E-state index contributed by atoms with van der Waals surface area (Å²) in [6.45, 7) is 2.74. The van der Waals surface area contributed by atoms with Gasteiger partial charge in [-0.3, -0.25) is 0 Å². The lowest BCUT2D eigenvalue weighted by atomic mass is 9.91. The van der Waals surface area contributed by atoms with Gasteiger partial charge in [-0.1, -0.05) is 48.5 Å². The van der Waals surface area contributed by atoms with E-state index in [-0.39, 0.29) is 5.92 Å². The molecule has 0 aliphatic rings. The summed E-state index contributed by atoms with van der Waals surface area (Å²) in [5.41, 5.74) is 11.1. The first-order valence-corrected chi connectivity index (χ1v) is 6.63. The number of hydrogen-bond donors (Lipinski definition) is 2. The first-order valence-electron chi connectivity index (χ1n) is 6.63. The number of para-hydroxylation sites is 1. The number of aryl methyl sites for hydroxylation is 1. The fourth-order valence-corrected chi connectivity index (χ4v) is 2.74. The smallest absolute Gasteiger partial charge is 0.0486 e. The number of H-pyrrole nitrogens is 1. The summed E-state index contributed by atoms with van der Waals surface area (Å²) in [7, 11) is 0. The average Bonchev–Trinajstić information content (AvgIpc) is 2.87. The molecule has 1 heterocycles. The predicted molar refractivity (Wildman–Crippen MR) is 80.4 cm³/mol. The average molecular weight is 250 g/mol. The van der Waals surface area contributed by atoms with E-state index in [1.165, 1.54) is 27.6 Å². The van der Waals surface area contributed by atoms with Crippen LogP contribution in [-0.2, 0) is 0 Å². The van der Waals surface area contributed by atoms with Crippen molar-refractivity contribution in [1.29, 1.82) is 0 Å². The van der Waals surface area contributed by atoms with E-state index in [0.29, 0.717) is 6.54 Å². The third kappa shape index (κ3) is 2.04. The van der Waals surface area contributed by atoms with Gasteiger partial charge in [0, 0.05) is 29.6 Å². The monoisotopic (exact) mass is 250 g/mol. The zero-order chi connectivity index (χ0) is 13.2. The van der Waals surface area contributed by atoms with E-state index >= 15 is 0 Å². The molecule has 2 heteroatoms. The van der Waals surface area contributed by atoms with Gasteiger partial charge in [-0.2, -0.15) is 0 Å². The van der Waals surface area contributed by atoms with Crippen LogP contribution in [0.1, 0.15) is 22.6 Å². The van der Waals surface area contributed by atoms with Crippen molar-refractivity contribution in [1.82, 2.24) is 4.98 Å². The van der Waals surface area contributed by atoms with Crippen LogP contribution in [0, 0.1) is 6.92 Å². The number of benzene rings is 2. The van der Waals surface area contributed by atoms with Crippen molar-refractivity contribution >= 4 is 10.9 Å². The van der Waals surface area contributed by atoms with Crippen molar-refractivity contribution in [3.8, 4) is 0 Å². The van der Waals surface area contributed by atoms with Gasteiger partial charge in [-0.25, -0.2) is 0 Å². The highest BCUT2D eigenvalue weighted by atomic mass is 14.7. The molecule has 0 saturated carbocycles. The highest BCUT2D eigenvalue weighted by Crippen LogP contribution is 2.31. The molecule has 0 fully saturated rings. The molecule has 2 aromatic carbocycles. The molecule has 19 heavy (non-hydrogen) atoms. The Morgan fingerprint density at radius 3 is 2.58 bits per heavy atom. The molecule has 96 valence electrons. The van der Waals surface area contributed by atoms with E-state index in [9.17, 15) is 0 Å². The van der Waals surface area contributed by atoms with Crippen molar-refractivity contribution in [3.63, 3.8) is 0 Å². The molecule has 0 spiro atoms. The molecule has 2 nitrogen and oxygen atoms in total. The molecular weight excluding hydrogens is 232 g/mol. The molecule has 3 rings (SSSR count). The molecule has 0 amide bonds. The molecule has 3 aromatic rings. The molecule has 0 saturated heterocycles. The minimum Gasteiger partial charge on any atom is -0.361 e. The van der Waals surface area contributed by atoms with Crippen LogP contribution in [0.25, 0.3) is 10.9 Å². The molecule has 0 aliphatic heterocycles. The largest absolute Gasteiger partial charge is 0.361 e. The summed E-state index contributed by atoms with van der Waals surface area (Å²) in [5, 5.41) is 1.28. The van der Waals surface area contributed by atoms with E-state index in [4.69, 9.17) is 5.73 Å². The summed E-state index contributed by atoms with van der Waals surface area (Å²) >= 11 is 0. The van der Waals surface area contributed by atoms with Gasteiger partial charge in [0.15, 0.2) is 0 Å². The topological polar surface area (TPSA) is 41.8 Å². The van der Waals surface area contributed by atoms with Gasteiger partial charge >= 0.3 is 0 Å². The van der Waals surface area contributed by atoms with Crippen LogP contribution in [0.4, 0.5) is 0 Å². The Bertz CT molecular complexity index is 683. The van der Waals surface area contributed by atoms with Crippen molar-refractivity contribution in [2.45, 2.75) is 12.8 Å². The van der Waals surface area contributed by atoms with Crippen LogP contribution in [0.2, 0.25) is 0 Å². The van der Waals surface area contributed by atoms with Crippen LogP contribution < -0.4 is 5.73 Å². The number of hydrogen-bond acceptors (Lipinski definition) is 1. The quantitative estimate of drug-likeness (QED) is 0.733. The second-order valence-corrected chi connectivity index (χ2v) is 4.94. The highest BCUT2D eigenvalue weighted by Gasteiger charge is 2.16. The zero-order valence-corrected chi connectivity index (χ0v) is 11.1. The molecule has 0 aliphatic carbocycles. The van der Waals surface area contributed by atoms with Crippen LogP contribution >= 0.6 is 0 Å². The number of nitrogens with two attached hydrogens (primary N) is 1. The first kappa shape index (κ1) is 12.0. The lowest BCUT2D eigenvalue weighted by Crippen LogP contribution is -2.13. The molecule has 3 N–H and O–H groups in total. The van der Waals surface area contributed by atoms with Gasteiger partial charge in [0.25, 0.3) is 0 Å². The first-order chi connectivity index (χ1) is 9.31. The Kier molecular flexibility index (Phi) is 3.10. The maximum absolute atomic E-state index is 6.01. The van der Waals surface area contributed by atoms with Gasteiger partial charge < -0.3 is 10.7 Å². The number of rotatable bonds is 3. The Balaban J connectivity index is 2.15. The zero-order valence-electron chi connectivity index (χ0n) is 11.1. The van der Waals surface area contributed by atoms with Gasteiger partial charge in [0.05, 0.1) is 0 Å². The van der Waals surface area contributed by atoms with Crippen LogP contribution in [0.5, 0.6) is 0 Å². The Morgan fingerprint density at radius 2 is 1.84 bits per heavy atom. The Hall–Kier alpha value is -2.06. The minimum atomic E-state index is 0.247.